The summed E-state index contributed by atoms with van der Waals surface area (Å²) < 4.78 is 0. The van der Waals surface area contributed by atoms with Crippen LogP contribution < -0.4 is 5.32 Å². The van der Waals surface area contributed by atoms with E-state index in [9.17, 15) is 4.79 Å². The summed E-state index contributed by atoms with van der Waals surface area (Å²) >= 11 is 0. The van der Waals surface area contributed by atoms with Gasteiger partial charge in [-0.2, -0.15) is 0 Å². The zero-order valence-corrected chi connectivity index (χ0v) is 10.5. The Labute approximate surface area is 103 Å². The average molecular weight is 229 g/mol. The molecule has 0 saturated heterocycles. The van der Waals surface area contributed by atoms with Crippen molar-refractivity contribution in [3.05, 3.63) is 41.5 Å². The Hall–Kier alpha value is -1.57. The summed E-state index contributed by atoms with van der Waals surface area (Å²) in [5.74, 6) is 0.293. The number of anilines is 1. The minimum atomic E-state index is 0.138. The Morgan fingerprint density at radius 3 is 2.53 bits per heavy atom. The Morgan fingerprint density at radius 2 is 1.88 bits per heavy atom. The molecule has 1 aromatic carbocycles. The lowest BCUT2D eigenvalue weighted by atomic mass is 9.84. The van der Waals surface area contributed by atoms with Crippen molar-refractivity contribution in [3.63, 3.8) is 0 Å². The van der Waals surface area contributed by atoms with E-state index in [2.05, 4.69) is 19.2 Å². The van der Waals surface area contributed by atoms with Crippen molar-refractivity contribution in [1.82, 2.24) is 0 Å². The van der Waals surface area contributed by atoms with E-state index in [1.807, 2.05) is 30.3 Å². The van der Waals surface area contributed by atoms with Gasteiger partial charge in [0.15, 0.2) is 0 Å². The zero-order chi connectivity index (χ0) is 12.3. The van der Waals surface area contributed by atoms with Crippen molar-refractivity contribution in [3.8, 4) is 0 Å². The fraction of sp³-hybridized carbons (Fsp3) is 0.400. The van der Waals surface area contributed by atoms with Crippen LogP contribution in [0.2, 0.25) is 0 Å². The molecule has 0 aliphatic heterocycles. The van der Waals surface area contributed by atoms with Gasteiger partial charge in [-0.1, -0.05) is 29.3 Å². The van der Waals surface area contributed by atoms with Crippen molar-refractivity contribution in [1.29, 1.82) is 0 Å². The van der Waals surface area contributed by atoms with Gasteiger partial charge < -0.3 is 5.32 Å². The lowest BCUT2D eigenvalue weighted by molar-refractivity contribution is -0.120. The van der Waals surface area contributed by atoms with Crippen LogP contribution in [0.1, 0.15) is 33.1 Å². The molecular weight excluding hydrogens is 210 g/mol. The SMILES string of the molecule is CC1=C(C)C[C@@H](C(=O)Nc2ccccc2)CC1. The molecule has 0 radical (unpaired) electrons. The van der Waals surface area contributed by atoms with Crippen LogP contribution in [-0.2, 0) is 4.79 Å². The molecule has 2 nitrogen and oxygen atoms in total. The van der Waals surface area contributed by atoms with Crippen LogP contribution in [0, 0.1) is 5.92 Å². The maximum absolute atomic E-state index is 12.1. The second-order valence-electron chi connectivity index (χ2n) is 4.86. The number of para-hydroxylation sites is 1. The third kappa shape index (κ3) is 2.96. The van der Waals surface area contributed by atoms with E-state index >= 15 is 0 Å². The molecule has 0 spiro atoms. The average Bonchev–Trinajstić information content (AvgIpc) is 2.34. The Morgan fingerprint density at radius 1 is 1.18 bits per heavy atom. The molecule has 1 aliphatic carbocycles. The summed E-state index contributed by atoms with van der Waals surface area (Å²) in [6.45, 7) is 4.30. The first-order valence-corrected chi connectivity index (χ1v) is 6.18. The molecule has 0 bridgehead atoms. The Kier molecular flexibility index (Phi) is 3.62. The number of allylic oxidation sites excluding steroid dienone is 2. The largest absolute Gasteiger partial charge is 0.326 e. The highest BCUT2D eigenvalue weighted by Gasteiger charge is 2.23. The quantitative estimate of drug-likeness (QED) is 0.769. The monoisotopic (exact) mass is 229 g/mol. The molecule has 2 rings (SSSR count). The zero-order valence-electron chi connectivity index (χ0n) is 10.5. The molecule has 2 heteroatoms. The van der Waals surface area contributed by atoms with Gasteiger partial charge in [-0.15, -0.1) is 0 Å². The third-order valence-electron chi connectivity index (χ3n) is 3.56. The second kappa shape index (κ2) is 5.17. The number of carbonyl (C=O) groups excluding carboxylic acids is 1. The lowest BCUT2D eigenvalue weighted by Crippen LogP contribution is -2.25. The van der Waals surface area contributed by atoms with Crippen LogP contribution in [0.5, 0.6) is 0 Å². The highest BCUT2D eigenvalue weighted by molar-refractivity contribution is 5.92. The van der Waals surface area contributed by atoms with E-state index in [1.54, 1.807) is 0 Å². The van der Waals surface area contributed by atoms with Crippen LogP contribution >= 0.6 is 0 Å². The van der Waals surface area contributed by atoms with E-state index in [1.165, 1.54) is 11.1 Å². The molecule has 17 heavy (non-hydrogen) atoms. The van der Waals surface area contributed by atoms with Gasteiger partial charge in [-0.05, 0) is 45.2 Å². The lowest BCUT2D eigenvalue weighted by Gasteiger charge is -2.23. The highest BCUT2D eigenvalue weighted by atomic mass is 16.1. The van der Waals surface area contributed by atoms with Crippen LogP contribution in [0.25, 0.3) is 0 Å². The molecule has 1 atom stereocenters. The van der Waals surface area contributed by atoms with Crippen molar-refractivity contribution in [2.24, 2.45) is 5.92 Å². The molecule has 1 aliphatic rings. The first kappa shape index (κ1) is 11.9. The van der Waals surface area contributed by atoms with E-state index in [4.69, 9.17) is 0 Å². The molecular formula is C15H19NO. The summed E-state index contributed by atoms with van der Waals surface area (Å²) in [5, 5.41) is 2.99. The fourth-order valence-electron chi connectivity index (χ4n) is 2.24. The van der Waals surface area contributed by atoms with Gasteiger partial charge >= 0.3 is 0 Å². The molecule has 1 aromatic rings. The van der Waals surface area contributed by atoms with Gasteiger partial charge in [0.2, 0.25) is 5.91 Å². The minimum absolute atomic E-state index is 0.138. The summed E-state index contributed by atoms with van der Waals surface area (Å²) in [4.78, 5) is 12.1. The van der Waals surface area contributed by atoms with Gasteiger partial charge in [-0.3, -0.25) is 4.79 Å². The maximum Gasteiger partial charge on any atom is 0.227 e. The topological polar surface area (TPSA) is 29.1 Å². The Bertz CT molecular complexity index is 433. The van der Waals surface area contributed by atoms with E-state index < -0.39 is 0 Å². The highest BCUT2D eigenvalue weighted by Crippen LogP contribution is 2.29. The summed E-state index contributed by atoms with van der Waals surface area (Å²) in [5.41, 5.74) is 3.72. The Balaban J connectivity index is 1.98. The predicted molar refractivity (Wildman–Crippen MR) is 70.8 cm³/mol. The fourth-order valence-corrected chi connectivity index (χ4v) is 2.24. The van der Waals surface area contributed by atoms with Crippen LogP contribution in [-0.4, -0.2) is 5.91 Å². The van der Waals surface area contributed by atoms with Crippen molar-refractivity contribution < 1.29 is 4.79 Å². The standard InChI is InChI=1S/C15H19NO/c1-11-8-9-13(10-12(11)2)15(17)16-14-6-4-3-5-7-14/h3-7,13H,8-10H2,1-2H3,(H,16,17)/t13-/m0/s1. The minimum Gasteiger partial charge on any atom is -0.326 e. The second-order valence-corrected chi connectivity index (χ2v) is 4.86. The number of benzene rings is 1. The number of hydrogen-bond donors (Lipinski definition) is 1. The normalized spacial score (nSPS) is 20.2. The number of nitrogens with one attached hydrogen (secondary N) is 1. The van der Waals surface area contributed by atoms with Crippen LogP contribution in [0.4, 0.5) is 5.69 Å². The van der Waals surface area contributed by atoms with Gasteiger partial charge in [0.05, 0.1) is 0 Å². The number of hydrogen-bond acceptors (Lipinski definition) is 1. The summed E-state index contributed by atoms with van der Waals surface area (Å²) in [6, 6.07) is 9.67. The first-order valence-electron chi connectivity index (χ1n) is 6.18. The molecule has 1 N–H and O–H groups in total. The predicted octanol–water partition coefficient (Wildman–Crippen LogP) is 3.76. The number of amides is 1. The van der Waals surface area contributed by atoms with Gasteiger partial charge in [0.1, 0.15) is 0 Å². The molecule has 0 saturated carbocycles. The van der Waals surface area contributed by atoms with Gasteiger partial charge in [-0.25, -0.2) is 0 Å². The van der Waals surface area contributed by atoms with Crippen LogP contribution in [0.15, 0.2) is 41.5 Å². The van der Waals surface area contributed by atoms with Crippen molar-refractivity contribution in [2.45, 2.75) is 33.1 Å². The number of rotatable bonds is 2. The van der Waals surface area contributed by atoms with E-state index in [0.717, 1.165) is 24.9 Å². The van der Waals surface area contributed by atoms with Gasteiger partial charge in [0, 0.05) is 11.6 Å². The molecule has 0 heterocycles. The molecule has 1 amide bonds. The summed E-state index contributed by atoms with van der Waals surface area (Å²) in [6.07, 6.45) is 2.94. The van der Waals surface area contributed by atoms with E-state index in [-0.39, 0.29) is 11.8 Å². The molecule has 0 fully saturated rings. The maximum atomic E-state index is 12.1. The summed E-state index contributed by atoms with van der Waals surface area (Å²) in [7, 11) is 0. The smallest absolute Gasteiger partial charge is 0.227 e. The van der Waals surface area contributed by atoms with Gasteiger partial charge in [0.25, 0.3) is 0 Å². The van der Waals surface area contributed by atoms with Crippen molar-refractivity contribution in [2.75, 3.05) is 5.32 Å². The third-order valence-corrected chi connectivity index (χ3v) is 3.56. The van der Waals surface area contributed by atoms with E-state index in [0.29, 0.717) is 0 Å². The first-order chi connectivity index (χ1) is 8.16. The molecule has 0 aromatic heterocycles. The van der Waals surface area contributed by atoms with Crippen molar-refractivity contribution >= 4 is 11.6 Å². The van der Waals surface area contributed by atoms with Crippen LogP contribution in [0.3, 0.4) is 0 Å². The number of carbonyl (C=O) groups is 1. The molecule has 0 unspecified atom stereocenters. The molecule has 90 valence electrons.